The highest BCUT2D eigenvalue weighted by atomic mass is 127. The van der Waals surface area contributed by atoms with Crippen LogP contribution in [0.3, 0.4) is 0 Å². The van der Waals surface area contributed by atoms with Crippen molar-refractivity contribution in [2.24, 2.45) is 0 Å². The number of rotatable bonds is 3. The van der Waals surface area contributed by atoms with E-state index in [1.54, 1.807) is 6.92 Å². The van der Waals surface area contributed by atoms with Gasteiger partial charge in [0.2, 0.25) is 0 Å². The number of ether oxygens (including phenoxy) is 1. The van der Waals surface area contributed by atoms with Crippen LogP contribution in [-0.2, 0) is 4.74 Å². The fraction of sp³-hybridized carbons (Fsp3) is 0.333. The van der Waals surface area contributed by atoms with E-state index in [1.807, 2.05) is 0 Å². The molecule has 0 aliphatic heterocycles. The lowest BCUT2D eigenvalue weighted by Gasteiger charge is -2.06. The molecule has 0 fully saturated rings. The van der Waals surface area contributed by atoms with Crippen molar-refractivity contribution >= 4 is 28.6 Å². The molecule has 3 nitrogen and oxygen atoms in total. The van der Waals surface area contributed by atoms with Gasteiger partial charge < -0.3 is 4.74 Å². The molecule has 7 heteroatoms. The minimum atomic E-state index is -2.93. The van der Waals surface area contributed by atoms with E-state index in [2.05, 4.69) is 9.72 Å². The lowest BCUT2D eigenvalue weighted by atomic mass is 10.3. The van der Waals surface area contributed by atoms with Crippen LogP contribution in [0.15, 0.2) is 6.07 Å². The SMILES string of the molecule is CCOC(=O)c1cc(F)c(I)c(C(F)F)n1. The maximum absolute atomic E-state index is 13.2. The van der Waals surface area contributed by atoms with Gasteiger partial charge in [-0.05, 0) is 29.5 Å². The van der Waals surface area contributed by atoms with Gasteiger partial charge in [0, 0.05) is 6.07 Å². The Balaban J connectivity index is 3.18. The largest absolute Gasteiger partial charge is 0.461 e. The van der Waals surface area contributed by atoms with Gasteiger partial charge in [-0.2, -0.15) is 0 Å². The van der Waals surface area contributed by atoms with E-state index in [0.29, 0.717) is 0 Å². The molecular weight excluding hydrogens is 338 g/mol. The summed E-state index contributed by atoms with van der Waals surface area (Å²) in [4.78, 5) is 14.6. The summed E-state index contributed by atoms with van der Waals surface area (Å²) in [7, 11) is 0. The van der Waals surface area contributed by atoms with Crippen LogP contribution in [0, 0.1) is 9.39 Å². The zero-order chi connectivity index (χ0) is 12.3. The number of hydrogen-bond acceptors (Lipinski definition) is 3. The first-order chi connectivity index (χ1) is 7.47. The van der Waals surface area contributed by atoms with Crippen molar-refractivity contribution in [1.82, 2.24) is 4.98 Å². The molecule has 0 atom stereocenters. The van der Waals surface area contributed by atoms with Gasteiger partial charge in [-0.3, -0.25) is 0 Å². The van der Waals surface area contributed by atoms with Gasteiger partial charge in [-0.25, -0.2) is 22.9 Å². The van der Waals surface area contributed by atoms with E-state index in [-0.39, 0.29) is 10.2 Å². The molecular formula is C9H7F3INO2. The van der Waals surface area contributed by atoms with Crippen LogP contribution >= 0.6 is 22.6 Å². The number of pyridine rings is 1. The molecule has 0 aliphatic rings. The van der Waals surface area contributed by atoms with Gasteiger partial charge in [0.05, 0.1) is 10.2 Å². The van der Waals surface area contributed by atoms with Crippen LogP contribution in [0.2, 0.25) is 0 Å². The van der Waals surface area contributed by atoms with Crippen molar-refractivity contribution in [1.29, 1.82) is 0 Å². The number of hydrogen-bond donors (Lipinski definition) is 0. The van der Waals surface area contributed by atoms with Crippen molar-refractivity contribution < 1.29 is 22.7 Å². The average Bonchev–Trinajstić information content (AvgIpc) is 2.21. The summed E-state index contributed by atoms with van der Waals surface area (Å²) >= 11 is 1.41. The molecule has 0 saturated carbocycles. The molecule has 1 rings (SSSR count). The van der Waals surface area contributed by atoms with E-state index in [1.165, 1.54) is 22.6 Å². The van der Waals surface area contributed by atoms with Gasteiger partial charge in [-0.15, -0.1) is 0 Å². The highest BCUT2D eigenvalue weighted by Crippen LogP contribution is 2.25. The van der Waals surface area contributed by atoms with Crippen LogP contribution in [-0.4, -0.2) is 17.6 Å². The number of alkyl halides is 2. The zero-order valence-electron chi connectivity index (χ0n) is 8.14. The second-order valence-electron chi connectivity index (χ2n) is 2.71. The van der Waals surface area contributed by atoms with Crippen LogP contribution in [0.25, 0.3) is 0 Å². The van der Waals surface area contributed by atoms with Crippen molar-refractivity contribution in [3.8, 4) is 0 Å². The van der Waals surface area contributed by atoms with Crippen molar-refractivity contribution in [2.75, 3.05) is 6.61 Å². The lowest BCUT2D eigenvalue weighted by molar-refractivity contribution is 0.0517. The highest BCUT2D eigenvalue weighted by Gasteiger charge is 2.21. The second-order valence-corrected chi connectivity index (χ2v) is 3.79. The van der Waals surface area contributed by atoms with Crippen LogP contribution < -0.4 is 0 Å². The zero-order valence-corrected chi connectivity index (χ0v) is 10.3. The van der Waals surface area contributed by atoms with Crippen LogP contribution in [0.1, 0.15) is 29.5 Å². The van der Waals surface area contributed by atoms with E-state index < -0.39 is 29.6 Å². The van der Waals surface area contributed by atoms with E-state index in [4.69, 9.17) is 0 Å². The number of halogens is 4. The Morgan fingerprint density at radius 2 is 2.25 bits per heavy atom. The third-order valence-electron chi connectivity index (χ3n) is 1.63. The normalized spacial score (nSPS) is 10.6. The minimum absolute atomic E-state index is 0.0676. The monoisotopic (exact) mass is 345 g/mol. The second kappa shape index (κ2) is 5.46. The number of aromatic nitrogens is 1. The van der Waals surface area contributed by atoms with Gasteiger partial charge in [0.15, 0.2) is 5.69 Å². The summed E-state index contributed by atoms with van der Waals surface area (Å²) in [5.74, 6) is -1.83. The van der Waals surface area contributed by atoms with Gasteiger partial charge in [0.1, 0.15) is 11.5 Å². The van der Waals surface area contributed by atoms with E-state index in [9.17, 15) is 18.0 Å². The summed E-state index contributed by atoms with van der Waals surface area (Å²) in [6.07, 6.45) is -2.93. The highest BCUT2D eigenvalue weighted by molar-refractivity contribution is 14.1. The third kappa shape index (κ3) is 2.83. The minimum Gasteiger partial charge on any atom is -0.461 e. The molecule has 0 spiro atoms. The van der Waals surface area contributed by atoms with Crippen LogP contribution in [0.5, 0.6) is 0 Å². The quantitative estimate of drug-likeness (QED) is 0.625. The first-order valence-electron chi connectivity index (χ1n) is 4.28. The molecule has 0 saturated heterocycles. The predicted octanol–water partition coefficient (Wildman–Crippen LogP) is 2.94. The summed E-state index contributed by atoms with van der Waals surface area (Å²) in [6, 6.07) is 0.783. The molecule has 1 aromatic rings. The van der Waals surface area contributed by atoms with E-state index >= 15 is 0 Å². The molecule has 0 aliphatic carbocycles. The van der Waals surface area contributed by atoms with Gasteiger partial charge in [0.25, 0.3) is 6.43 Å². The molecule has 0 amide bonds. The molecule has 0 N–H and O–H groups in total. The fourth-order valence-electron chi connectivity index (χ4n) is 0.971. The summed E-state index contributed by atoms with van der Waals surface area (Å²) in [5, 5.41) is 0. The maximum atomic E-state index is 13.2. The Bertz CT molecular complexity index is 412. The topological polar surface area (TPSA) is 39.2 Å². The number of carbonyl (C=O) groups is 1. The molecule has 0 unspecified atom stereocenters. The van der Waals surface area contributed by atoms with Gasteiger partial charge in [-0.1, -0.05) is 0 Å². The molecule has 16 heavy (non-hydrogen) atoms. The average molecular weight is 345 g/mol. The smallest absolute Gasteiger partial charge is 0.357 e. The van der Waals surface area contributed by atoms with Crippen molar-refractivity contribution in [3.63, 3.8) is 0 Å². The third-order valence-corrected chi connectivity index (χ3v) is 2.70. The Hall–Kier alpha value is -0.860. The summed E-state index contributed by atoms with van der Waals surface area (Å²) in [5.41, 5.74) is -1.20. The Kier molecular flexibility index (Phi) is 4.51. The molecule has 0 radical (unpaired) electrons. The molecule has 0 aromatic carbocycles. The van der Waals surface area contributed by atoms with Crippen molar-refractivity contribution in [3.05, 3.63) is 26.8 Å². The first kappa shape index (κ1) is 13.2. The maximum Gasteiger partial charge on any atom is 0.357 e. The molecule has 1 aromatic heterocycles. The number of esters is 1. The Labute approximate surface area is 103 Å². The summed E-state index contributed by atoms with van der Waals surface area (Å²) in [6.45, 7) is 1.62. The Morgan fingerprint density at radius 1 is 1.62 bits per heavy atom. The standard InChI is InChI=1S/C9H7F3INO2/c1-2-16-9(15)5-3-4(10)6(13)7(14-5)8(11)12/h3,8H,2H2,1H3. The lowest BCUT2D eigenvalue weighted by Crippen LogP contribution is -2.11. The summed E-state index contributed by atoms with van der Waals surface area (Å²) < 4.78 is 42.4. The van der Waals surface area contributed by atoms with Gasteiger partial charge >= 0.3 is 5.97 Å². The molecule has 1 heterocycles. The number of nitrogens with zero attached hydrogens (tertiary/aromatic N) is 1. The molecule has 88 valence electrons. The van der Waals surface area contributed by atoms with Crippen molar-refractivity contribution in [2.45, 2.75) is 13.3 Å². The van der Waals surface area contributed by atoms with Crippen LogP contribution in [0.4, 0.5) is 13.2 Å². The predicted molar refractivity (Wildman–Crippen MR) is 57.8 cm³/mol. The first-order valence-corrected chi connectivity index (χ1v) is 5.36. The molecule has 0 bridgehead atoms. The Morgan fingerprint density at radius 3 is 2.75 bits per heavy atom. The number of carbonyl (C=O) groups excluding carboxylic acids is 1. The fourth-order valence-corrected chi connectivity index (χ4v) is 1.48. The van der Waals surface area contributed by atoms with E-state index in [0.717, 1.165) is 6.07 Å².